The van der Waals surface area contributed by atoms with E-state index < -0.39 is 0 Å². The van der Waals surface area contributed by atoms with Crippen LogP contribution in [0.25, 0.3) is 0 Å². The molecule has 0 aromatic rings. The summed E-state index contributed by atoms with van der Waals surface area (Å²) in [6, 6.07) is 0. The van der Waals surface area contributed by atoms with Gasteiger partial charge in [-0.15, -0.1) is 0 Å². The Balaban J connectivity index is 0.000000240. The van der Waals surface area contributed by atoms with Crippen LogP contribution < -0.4 is 0 Å². The van der Waals surface area contributed by atoms with Crippen molar-refractivity contribution in [2.75, 3.05) is 0 Å². The van der Waals surface area contributed by atoms with Gasteiger partial charge in [0.2, 0.25) is 0 Å². The summed E-state index contributed by atoms with van der Waals surface area (Å²) >= 11 is 0. The van der Waals surface area contributed by atoms with Gasteiger partial charge < -0.3 is 5.11 Å². The molecule has 0 spiro atoms. The quantitative estimate of drug-likeness (QED) is 0.699. The Bertz CT molecular complexity index is 461. The SMILES string of the molecule is C=C1CC(=O)CC(CC(C)C)C1.CC(C)CC1CC(=O)C=C(O)C1. The van der Waals surface area contributed by atoms with Crippen LogP contribution in [-0.2, 0) is 9.59 Å². The van der Waals surface area contributed by atoms with E-state index in [1.54, 1.807) is 0 Å². The Morgan fingerprint density at radius 3 is 2.00 bits per heavy atom. The van der Waals surface area contributed by atoms with E-state index in [0.29, 0.717) is 48.7 Å². The molecule has 1 fully saturated rings. The molecule has 24 heavy (non-hydrogen) atoms. The van der Waals surface area contributed by atoms with Crippen molar-refractivity contribution < 1.29 is 14.7 Å². The minimum atomic E-state index is 0.0735. The number of Topliss-reactive ketones (excluding diaryl/α,β-unsaturated/α-hetero) is 1. The summed E-state index contributed by atoms with van der Waals surface area (Å²) in [6.45, 7) is 12.6. The average Bonchev–Trinajstić information content (AvgIpc) is 2.34. The summed E-state index contributed by atoms with van der Waals surface area (Å²) in [4.78, 5) is 22.2. The first-order valence-corrected chi connectivity index (χ1v) is 9.26. The van der Waals surface area contributed by atoms with Crippen molar-refractivity contribution in [1.29, 1.82) is 0 Å². The van der Waals surface area contributed by atoms with Crippen LogP contribution in [-0.4, -0.2) is 16.7 Å². The molecule has 2 rings (SSSR count). The highest BCUT2D eigenvalue weighted by Crippen LogP contribution is 2.29. The number of allylic oxidation sites excluding steroid dienone is 3. The van der Waals surface area contributed by atoms with Crippen LogP contribution in [0.1, 0.15) is 72.6 Å². The number of rotatable bonds is 4. The summed E-state index contributed by atoms with van der Waals surface area (Å²) in [5.41, 5.74) is 1.14. The van der Waals surface area contributed by atoms with Gasteiger partial charge in [0.25, 0.3) is 0 Å². The molecule has 3 heteroatoms. The fourth-order valence-corrected chi connectivity index (χ4v) is 3.85. The first-order chi connectivity index (χ1) is 11.2. The third-order valence-electron chi connectivity index (χ3n) is 4.47. The first-order valence-electron chi connectivity index (χ1n) is 9.26. The van der Waals surface area contributed by atoms with Crippen molar-refractivity contribution >= 4 is 11.6 Å². The average molecular weight is 335 g/mol. The molecular formula is C21H34O3. The van der Waals surface area contributed by atoms with E-state index in [1.165, 1.54) is 12.5 Å². The molecule has 0 aromatic carbocycles. The summed E-state index contributed by atoms with van der Waals surface area (Å²) in [6.07, 6.45) is 7.35. The molecule has 0 bridgehead atoms. The van der Waals surface area contributed by atoms with E-state index in [0.717, 1.165) is 24.8 Å². The van der Waals surface area contributed by atoms with Crippen LogP contribution in [0, 0.1) is 23.7 Å². The van der Waals surface area contributed by atoms with Crippen molar-refractivity contribution in [3.63, 3.8) is 0 Å². The Hall–Kier alpha value is -1.38. The predicted octanol–water partition coefficient (Wildman–Crippen LogP) is 5.41. The molecule has 1 saturated carbocycles. The molecule has 0 saturated heterocycles. The van der Waals surface area contributed by atoms with E-state index in [4.69, 9.17) is 0 Å². The maximum Gasteiger partial charge on any atom is 0.159 e. The van der Waals surface area contributed by atoms with E-state index >= 15 is 0 Å². The Morgan fingerprint density at radius 1 is 1.00 bits per heavy atom. The minimum Gasteiger partial charge on any atom is -0.512 e. The van der Waals surface area contributed by atoms with Crippen molar-refractivity contribution in [3.05, 3.63) is 24.0 Å². The van der Waals surface area contributed by atoms with Gasteiger partial charge in [-0.1, -0.05) is 39.8 Å². The van der Waals surface area contributed by atoms with Crippen molar-refractivity contribution in [2.45, 2.75) is 72.6 Å². The predicted molar refractivity (Wildman–Crippen MR) is 98.8 cm³/mol. The van der Waals surface area contributed by atoms with E-state index in [1.807, 2.05) is 0 Å². The van der Waals surface area contributed by atoms with Gasteiger partial charge in [-0.2, -0.15) is 0 Å². The summed E-state index contributed by atoms with van der Waals surface area (Å²) < 4.78 is 0. The molecular weight excluding hydrogens is 300 g/mol. The molecule has 136 valence electrons. The van der Waals surface area contributed by atoms with Crippen LogP contribution in [0.4, 0.5) is 0 Å². The third kappa shape index (κ3) is 8.47. The molecule has 0 aromatic heterocycles. The number of carbonyl (C=O) groups is 2. The molecule has 2 atom stereocenters. The highest BCUT2D eigenvalue weighted by Gasteiger charge is 2.22. The second-order valence-electron chi connectivity index (χ2n) is 8.38. The highest BCUT2D eigenvalue weighted by molar-refractivity contribution is 5.91. The van der Waals surface area contributed by atoms with E-state index in [2.05, 4.69) is 34.3 Å². The molecule has 0 aliphatic heterocycles. The number of hydrogen-bond acceptors (Lipinski definition) is 3. The van der Waals surface area contributed by atoms with E-state index in [-0.39, 0.29) is 11.5 Å². The second-order valence-corrected chi connectivity index (χ2v) is 8.38. The number of carbonyl (C=O) groups excluding carboxylic acids is 2. The second kappa shape index (κ2) is 9.80. The highest BCUT2D eigenvalue weighted by atomic mass is 16.3. The summed E-state index contributed by atoms with van der Waals surface area (Å²) in [5.74, 6) is 2.97. The maximum atomic E-state index is 11.2. The zero-order chi connectivity index (χ0) is 18.3. The monoisotopic (exact) mass is 334 g/mol. The molecule has 2 unspecified atom stereocenters. The molecule has 3 nitrogen and oxygen atoms in total. The Labute approximate surface area is 147 Å². The maximum absolute atomic E-state index is 11.2. The van der Waals surface area contributed by atoms with Gasteiger partial charge in [-0.05, 0) is 42.9 Å². The van der Waals surface area contributed by atoms with Crippen LogP contribution in [0.2, 0.25) is 0 Å². The molecule has 1 N–H and O–H groups in total. The minimum absolute atomic E-state index is 0.0735. The van der Waals surface area contributed by atoms with Crippen molar-refractivity contribution in [3.8, 4) is 0 Å². The van der Waals surface area contributed by atoms with Gasteiger partial charge in [-0.25, -0.2) is 0 Å². The molecule has 0 heterocycles. The van der Waals surface area contributed by atoms with Gasteiger partial charge in [0.15, 0.2) is 5.78 Å². The molecule has 0 radical (unpaired) electrons. The van der Waals surface area contributed by atoms with Gasteiger partial charge in [0, 0.05) is 31.8 Å². The lowest BCUT2D eigenvalue weighted by Crippen LogP contribution is -2.17. The fourth-order valence-electron chi connectivity index (χ4n) is 3.85. The largest absolute Gasteiger partial charge is 0.512 e. The fraction of sp³-hybridized carbons (Fsp3) is 0.714. The standard InChI is InChI=1S/C11H18O.C10H16O2/c1-8(2)4-10-5-9(3)6-11(12)7-10;1-7(2)3-8-4-9(11)6-10(12)5-8/h8,10H,3-7H2,1-2H3;6-8,11H,3-5H2,1-2H3. The summed E-state index contributed by atoms with van der Waals surface area (Å²) in [7, 11) is 0. The van der Waals surface area contributed by atoms with Crippen LogP contribution in [0.5, 0.6) is 0 Å². The van der Waals surface area contributed by atoms with Crippen molar-refractivity contribution in [2.24, 2.45) is 23.7 Å². The van der Waals surface area contributed by atoms with Gasteiger partial charge in [0.1, 0.15) is 5.78 Å². The lowest BCUT2D eigenvalue weighted by atomic mass is 9.81. The third-order valence-corrected chi connectivity index (χ3v) is 4.47. The lowest BCUT2D eigenvalue weighted by molar-refractivity contribution is -0.120. The molecule has 2 aliphatic rings. The van der Waals surface area contributed by atoms with Crippen LogP contribution >= 0.6 is 0 Å². The zero-order valence-electron chi connectivity index (χ0n) is 15.8. The topological polar surface area (TPSA) is 54.4 Å². The number of hydrogen-bond donors (Lipinski definition) is 1. The Kier molecular flexibility index (Phi) is 8.44. The van der Waals surface area contributed by atoms with Crippen LogP contribution in [0.15, 0.2) is 24.0 Å². The molecule has 0 amide bonds. The van der Waals surface area contributed by atoms with Crippen LogP contribution in [0.3, 0.4) is 0 Å². The number of aliphatic hydroxyl groups is 1. The Morgan fingerprint density at radius 2 is 1.54 bits per heavy atom. The number of aliphatic hydroxyl groups excluding tert-OH is 1. The smallest absolute Gasteiger partial charge is 0.159 e. The molecule has 2 aliphatic carbocycles. The zero-order valence-corrected chi connectivity index (χ0v) is 15.8. The van der Waals surface area contributed by atoms with Gasteiger partial charge in [-0.3, -0.25) is 9.59 Å². The van der Waals surface area contributed by atoms with Crippen molar-refractivity contribution in [1.82, 2.24) is 0 Å². The lowest BCUT2D eigenvalue weighted by Gasteiger charge is -2.23. The van der Waals surface area contributed by atoms with E-state index in [9.17, 15) is 14.7 Å². The number of ketones is 2. The summed E-state index contributed by atoms with van der Waals surface area (Å²) in [5, 5.41) is 9.20. The first kappa shape index (κ1) is 20.7. The van der Waals surface area contributed by atoms with Gasteiger partial charge in [0.05, 0.1) is 5.76 Å². The van der Waals surface area contributed by atoms with Gasteiger partial charge >= 0.3 is 0 Å². The normalized spacial score (nSPS) is 24.8.